The number of fused-ring (bicyclic) bond motifs is 1. The first-order valence-electron chi connectivity index (χ1n) is 6.59. The second-order valence-electron chi connectivity index (χ2n) is 4.75. The molecule has 0 spiro atoms. The average molecular weight is 297 g/mol. The summed E-state index contributed by atoms with van der Waals surface area (Å²) in [5.74, 6) is -0.363. The fourth-order valence-electron chi connectivity index (χ4n) is 2.25. The van der Waals surface area contributed by atoms with Gasteiger partial charge in [0.05, 0.1) is 11.0 Å². The summed E-state index contributed by atoms with van der Waals surface area (Å²) in [7, 11) is 1.95. The van der Waals surface area contributed by atoms with Crippen molar-refractivity contribution in [3.63, 3.8) is 0 Å². The van der Waals surface area contributed by atoms with Gasteiger partial charge in [0.15, 0.2) is 5.16 Å². The third-order valence-corrected chi connectivity index (χ3v) is 4.65. The Morgan fingerprint density at radius 1 is 1.14 bits per heavy atom. The molecule has 1 amide bonds. The molecule has 1 atom stereocenters. The number of thioether (sulfide) groups is 1. The number of aryl methyl sites for hydroxylation is 1. The minimum atomic E-state index is -0.443. The van der Waals surface area contributed by atoms with E-state index in [-0.39, 0.29) is 5.91 Å². The van der Waals surface area contributed by atoms with Gasteiger partial charge in [-0.05, 0) is 17.7 Å². The van der Waals surface area contributed by atoms with Gasteiger partial charge in [0, 0.05) is 7.05 Å². The molecule has 3 aromatic rings. The molecule has 0 unspecified atom stereocenters. The summed E-state index contributed by atoms with van der Waals surface area (Å²) in [5.41, 5.74) is 8.41. The van der Waals surface area contributed by atoms with Crippen molar-refractivity contribution in [2.24, 2.45) is 12.8 Å². The average Bonchev–Trinajstić information content (AvgIpc) is 2.82. The van der Waals surface area contributed by atoms with Crippen molar-refractivity contribution in [3.05, 3.63) is 60.2 Å². The molecule has 1 heterocycles. The number of primary amides is 1. The molecule has 21 heavy (non-hydrogen) atoms. The summed E-state index contributed by atoms with van der Waals surface area (Å²) >= 11 is 1.38. The first-order chi connectivity index (χ1) is 10.2. The van der Waals surface area contributed by atoms with E-state index in [9.17, 15) is 4.79 Å². The lowest BCUT2D eigenvalue weighted by molar-refractivity contribution is -0.117. The highest BCUT2D eigenvalue weighted by atomic mass is 32.2. The zero-order valence-corrected chi connectivity index (χ0v) is 12.4. The molecular formula is C16H15N3OS. The maximum Gasteiger partial charge on any atom is 0.235 e. The normalized spacial score (nSPS) is 12.4. The summed E-state index contributed by atoms with van der Waals surface area (Å²) in [6.07, 6.45) is 0. The summed E-state index contributed by atoms with van der Waals surface area (Å²) in [4.78, 5) is 16.4. The Kier molecular flexibility index (Phi) is 3.66. The highest BCUT2D eigenvalue weighted by Crippen LogP contribution is 2.35. The number of nitrogens with zero attached hydrogens (tertiary/aromatic N) is 2. The van der Waals surface area contributed by atoms with Crippen LogP contribution in [-0.2, 0) is 11.8 Å². The molecular weight excluding hydrogens is 282 g/mol. The van der Waals surface area contributed by atoms with E-state index < -0.39 is 5.25 Å². The van der Waals surface area contributed by atoms with Gasteiger partial charge in [-0.3, -0.25) is 4.79 Å². The van der Waals surface area contributed by atoms with Crippen LogP contribution in [0, 0.1) is 0 Å². The van der Waals surface area contributed by atoms with Crippen LogP contribution >= 0.6 is 11.8 Å². The molecule has 1 aromatic heterocycles. The van der Waals surface area contributed by atoms with Gasteiger partial charge in [-0.15, -0.1) is 0 Å². The van der Waals surface area contributed by atoms with E-state index in [1.165, 1.54) is 11.8 Å². The van der Waals surface area contributed by atoms with Gasteiger partial charge < -0.3 is 10.3 Å². The number of nitrogens with two attached hydrogens (primary N) is 1. The van der Waals surface area contributed by atoms with Gasteiger partial charge in [-0.25, -0.2) is 4.98 Å². The van der Waals surface area contributed by atoms with Crippen LogP contribution in [0.3, 0.4) is 0 Å². The number of rotatable bonds is 4. The number of para-hydroxylation sites is 2. The molecule has 0 fully saturated rings. The molecule has 106 valence electrons. The lowest BCUT2D eigenvalue weighted by atomic mass is 10.1. The molecule has 0 saturated carbocycles. The summed E-state index contributed by atoms with van der Waals surface area (Å²) in [6.45, 7) is 0. The summed E-state index contributed by atoms with van der Waals surface area (Å²) in [6, 6.07) is 17.4. The van der Waals surface area contributed by atoms with Crippen molar-refractivity contribution in [1.29, 1.82) is 0 Å². The maximum absolute atomic E-state index is 11.8. The zero-order chi connectivity index (χ0) is 14.8. The van der Waals surface area contributed by atoms with Crippen LogP contribution in [0.5, 0.6) is 0 Å². The van der Waals surface area contributed by atoms with Crippen LogP contribution < -0.4 is 5.73 Å². The van der Waals surface area contributed by atoms with E-state index in [4.69, 9.17) is 5.73 Å². The maximum atomic E-state index is 11.8. The van der Waals surface area contributed by atoms with Gasteiger partial charge in [0.1, 0.15) is 5.25 Å². The second-order valence-corrected chi connectivity index (χ2v) is 5.83. The molecule has 0 aliphatic rings. The molecule has 0 aliphatic heterocycles. The van der Waals surface area contributed by atoms with E-state index in [1.807, 2.05) is 66.2 Å². The Morgan fingerprint density at radius 3 is 2.48 bits per heavy atom. The number of carbonyl (C=O) groups excluding carboxylic acids is 1. The molecule has 2 N–H and O–H groups in total. The van der Waals surface area contributed by atoms with E-state index in [1.54, 1.807) is 0 Å². The van der Waals surface area contributed by atoms with Gasteiger partial charge in [0.25, 0.3) is 0 Å². The van der Waals surface area contributed by atoms with Gasteiger partial charge in [-0.2, -0.15) is 0 Å². The third-order valence-electron chi connectivity index (χ3n) is 3.33. The van der Waals surface area contributed by atoms with Gasteiger partial charge >= 0.3 is 0 Å². The van der Waals surface area contributed by atoms with Crippen LogP contribution in [-0.4, -0.2) is 15.5 Å². The Labute approximate surface area is 127 Å². The van der Waals surface area contributed by atoms with Crippen molar-refractivity contribution >= 4 is 28.7 Å². The third kappa shape index (κ3) is 2.64. The first kappa shape index (κ1) is 13.7. The van der Waals surface area contributed by atoms with Crippen molar-refractivity contribution in [2.75, 3.05) is 0 Å². The molecule has 2 aromatic carbocycles. The SMILES string of the molecule is Cn1c(S[C@@H](C(N)=O)c2ccccc2)nc2ccccc21. The molecule has 0 aliphatic carbocycles. The second kappa shape index (κ2) is 5.61. The topological polar surface area (TPSA) is 60.9 Å². The Balaban J connectivity index is 1.99. The number of imidazole rings is 1. The molecule has 4 nitrogen and oxygen atoms in total. The highest BCUT2D eigenvalue weighted by molar-refractivity contribution is 8.00. The predicted octanol–water partition coefficient (Wildman–Crippen LogP) is 2.89. The summed E-state index contributed by atoms with van der Waals surface area (Å²) in [5, 5.41) is 0.338. The molecule has 0 radical (unpaired) electrons. The van der Waals surface area contributed by atoms with E-state index >= 15 is 0 Å². The van der Waals surface area contributed by atoms with Crippen molar-refractivity contribution in [1.82, 2.24) is 9.55 Å². The summed E-state index contributed by atoms with van der Waals surface area (Å²) < 4.78 is 1.98. The quantitative estimate of drug-likeness (QED) is 0.753. The smallest absolute Gasteiger partial charge is 0.235 e. The Bertz CT molecular complexity index is 783. The number of hydrogen-bond acceptors (Lipinski definition) is 3. The Hall–Kier alpha value is -2.27. The first-order valence-corrected chi connectivity index (χ1v) is 7.47. The number of carbonyl (C=O) groups is 1. The monoisotopic (exact) mass is 297 g/mol. The van der Waals surface area contributed by atoms with Crippen molar-refractivity contribution in [2.45, 2.75) is 10.4 Å². The van der Waals surface area contributed by atoms with Crippen LogP contribution in [0.25, 0.3) is 11.0 Å². The highest BCUT2D eigenvalue weighted by Gasteiger charge is 2.22. The van der Waals surface area contributed by atoms with Crippen LogP contribution in [0.2, 0.25) is 0 Å². The van der Waals surface area contributed by atoms with Crippen LogP contribution in [0.1, 0.15) is 10.8 Å². The van der Waals surface area contributed by atoms with E-state index in [0.29, 0.717) is 0 Å². The predicted molar refractivity (Wildman–Crippen MR) is 84.9 cm³/mol. The van der Waals surface area contributed by atoms with E-state index in [2.05, 4.69) is 4.98 Å². The number of hydrogen-bond donors (Lipinski definition) is 1. The fraction of sp³-hybridized carbons (Fsp3) is 0.125. The van der Waals surface area contributed by atoms with Gasteiger partial charge in [0.2, 0.25) is 5.91 Å². The molecule has 5 heteroatoms. The number of benzene rings is 2. The lowest BCUT2D eigenvalue weighted by Gasteiger charge is -2.12. The van der Waals surface area contributed by atoms with Crippen LogP contribution in [0.4, 0.5) is 0 Å². The van der Waals surface area contributed by atoms with Crippen molar-refractivity contribution in [3.8, 4) is 0 Å². The largest absolute Gasteiger partial charge is 0.368 e. The minimum absolute atomic E-state index is 0.363. The lowest BCUT2D eigenvalue weighted by Crippen LogP contribution is -2.19. The Morgan fingerprint density at radius 2 is 1.81 bits per heavy atom. The van der Waals surface area contributed by atoms with Gasteiger partial charge in [-0.1, -0.05) is 54.2 Å². The fourth-order valence-corrected chi connectivity index (χ4v) is 3.28. The number of amides is 1. The van der Waals surface area contributed by atoms with Crippen molar-refractivity contribution < 1.29 is 4.79 Å². The molecule has 0 bridgehead atoms. The molecule has 3 rings (SSSR count). The van der Waals surface area contributed by atoms with Crippen LogP contribution in [0.15, 0.2) is 59.8 Å². The standard InChI is InChI=1S/C16H15N3OS/c1-19-13-10-6-5-9-12(13)18-16(19)21-14(15(17)20)11-7-3-2-4-8-11/h2-10,14H,1H3,(H2,17,20)/t14-/m1/s1. The van der Waals surface area contributed by atoms with E-state index in [0.717, 1.165) is 21.8 Å². The number of aromatic nitrogens is 2. The minimum Gasteiger partial charge on any atom is -0.368 e. The molecule has 0 saturated heterocycles. The zero-order valence-electron chi connectivity index (χ0n) is 11.6.